The number of benzene rings is 1. The summed E-state index contributed by atoms with van der Waals surface area (Å²) in [6, 6.07) is 7.51. The van der Waals surface area contributed by atoms with Gasteiger partial charge in [0.2, 0.25) is 0 Å². The summed E-state index contributed by atoms with van der Waals surface area (Å²) in [4.78, 5) is 18.3. The summed E-state index contributed by atoms with van der Waals surface area (Å²) in [6.07, 6.45) is 1.54. The molecule has 2 rings (SSSR count). The van der Waals surface area contributed by atoms with Crippen LogP contribution in [0.15, 0.2) is 30.5 Å². The molecule has 0 saturated carbocycles. The van der Waals surface area contributed by atoms with Crippen LogP contribution in [0.2, 0.25) is 0 Å². The van der Waals surface area contributed by atoms with Crippen LogP contribution in [-0.4, -0.2) is 25.0 Å². The van der Waals surface area contributed by atoms with Gasteiger partial charge in [-0.25, -0.2) is 9.78 Å². The molecule has 2 aromatic rings. The zero-order valence-electron chi connectivity index (χ0n) is 13.1. The van der Waals surface area contributed by atoms with Crippen LogP contribution in [0.25, 0.3) is 0 Å². The molecular weight excluding hydrogens is 264 g/mol. The van der Waals surface area contributed by atoms with Crippen LogP contribution < -0.4 is 9.64 Å². The van der Waals surface area contributed by atoms with Crippen molar-refractivity contribution in [3.8, 4) is 5.75 Å². The van der Waals surface area contributed by atoms with E-state index >= 15 is 0 Å². The van der Waals surface area contributed by atoms with Gasteiger partial charge in [0.15, 0.2) is 0 Å². The second-order valence-corrected chi connectivity index (χ2v) is 5.34. The summed E-state index contributed by atoms with van der Waals surface area (Å²) in [6.45, 7) is 5.89. The van der Waals surface area contributed by atoms with Crippen molar-refractivity contribution in [1.82, 2.24) is 4.98 Å². The van der Waals surface area contributed by atoms with Crippen molar-refractivity contribution in [2.75, 3.05) is 19.0 Å². The van der Waals surface area contributed by atoms with Gasteiger partial charge in [0.1, 0.15) is 11.6 Å². The van der Waals surface area contributed by atoms with Crippen molar-refractivity contribution in [1.29, 1.82) is 0 Å². The molecule has 0 radical (unpaired) electrons. The van der Waals surface area contributed by atoms with Crippen LogP contribution in [0.3, 0.4) is 0 Å². The first-order valence-electron chi connectivity index (χ1n) is 6.82. The monoisotopic (exact) mass is 284 g/mol. The van der Waals surface area contributed by atoms with Gasteiger partial charge in [-0.15, -0.1) is 0 Å². The zero-order chi connectivity index (χ0) is 15.6. The lowest BCUT2D eigenvalue weighted by Gasteiger charge is -2.13. The Morgan fingerprint density at radius 3 is 2.29 bits per heavy atom. The summed E-state index contributed by atoms with van der Waals surface area (Å²) in [5, 5.41) is 0. The average Bonchev–Trinajstić information content (AvgIpc) is 2.47. The second-order valence-electron chi connectivity index (χ2n) is 5.34. The van der Waals surface area contributed by atoms with Crippen molar-refractivity contribution in [2.24, 2.45) is 0 Å². The van der Waals surface area contributed by atoms with Crippen LogP contribution >= 0.6 is 0 Å². The maximum Gasteiger partial charge on any atom is 0.345 e. The molecular formula is C17H20N2O2. The van der Waals surface area contributed by atoms with Crippen molar-refractivity contribution >= 4 is 11.8 Å². The molecule has 0 bridgehead atoms. The van der Waals surface area contributed by atoms with E-state index in [-0.39, 0.29) is 5.97 Å². The number of aromatic nitrogens is 1. The van der Waals surface area contributed by atoms with Crippen molar-refractivity contribution in [3.63, 3.8) is 0 Å². The van der Waals surface area contributed by atoms with Crippen LogP contribution in [0.5, 0.6) is 5.75 Å². The number of hydrogen-bond donors (Lipinski definition) is 0. The minimum Gasteiger partial charge on any atom is -0.422 e. The fourth-order valence-electron chi connectivity index (χ4n) is 2.01. The number of carbonyl (C=O) groups excluding carboxylic acids is 1. The van der Waals surface area contributed by atoms with Gasteiger partial charge < -0.3 is 9.64 Å². The third kappa shape index (κ3) is 3.21. The molecule has 0 saturated heterocycles. The number of carbonyl (C=O) groups is 1. The Morgan fingerprint density at radius 2 is 1.71 bits per heavy atom. The van der Waals surface area contributed by atoms with Gasteiger partial charge in [-0.1, -0.05) is 12.1 Å². The molecule has 110 valence electrons. The van der Waals surface area contributed by atoms with Crippen molar-refractivity contribution < 1.29 is 9.53 Å². The van der Waals surface area contributed by atoms with Crippen LogP contribution in [0, 0.1) is 20.8 Å². The first-order chi connectivity index (χ1) is 9.90. The number of pyridine rings is 1. The molecule has 0 spiro atoms. The summed E-state index contributed by atoms with van der Waals surface area (Å²) in [5.41, 5.74) is 3.48. The van der Waals surface area contributed by atoms with E-state index in [1.165, 1.54) is 6.20 Å². The molecule has 4 heteroatoms. The predicted molar refractivity (Wildman–Crippen MR) is 84.2 cm³/mol. The predicted octanol–water partition coefficient (Wildman–Crippen LogP) is 3.29. The van der Waals surface area contributed by atoms with Gasteiger partial charge in [0, 0.05) is 20.3 Å². The minimum atomic E-state index is -0.385. The average molecular weight is 284 g/mol. The highest BCUT2D eigenvalue weighted by molar-refractivity contribution is 5.91. The zero-order valence-corrected chi connectivity index (χ0v) is 13.1. The van der Waals surface area contributed by atoms with Gasteiger partial charge >= 0.3 is 5.97 Å². The Morgan fingerprint density at radius 1 is 1.05 bits per heavy atom. The Bertz CT molecular complexity index is 661. The largest absolute Gasteiger partial charge is 0.422 e. The Labute approximate surface area is 125 Å². The lowest BCUT2D eigenvalue weighted by molar-refractivity contribution is 0.0732. The van der Waals surface area contributed by atoms with Gasteiger partial charge in [0.05, 0.1) is 5.56 Å². The first-order valence-corrected chi connectivity index (χ1v) is 6.82. The maximum atomic E-state index is 12.2. The van der Waals surface area contributed by atoms with Gasteiger partial charge in [-0.2, -0.15) is 0 Å². The van der Waals surface area contributed by atoms with E-state index in [0.29, 0.717) is 11.3 Å². The number of hydrogen-bond acceptors (Lipinski definition) is 4. The smallest absolute Gasteiger partial charge is 0.345 e. The topological polar surface area (TPSA) is 42.4 Å². The van der Waals surface area contributed by atoms with Crippen LogP contribution in [-0.2, 0) is 0 Å². The molecule has 4 nitrogen and oxygen atoms in total. The van der Waals surface area contributed by atoms with E-state index in [1.54, 1.807) is 12.1 Å². The van der Waals surface area contributed by atoms with Crippen LogP contribution in [0.4, 0.5) is 5.82 Å². The quantitative estimate of drug-likeness (QED) is 0.640. The molecule has 0 fully saturated rings. The standard InChI is InChI=1S/C17H20N2O2/c1-11-6-7-12(2)16(13(11)3)21-17(20)14-8-9-15(18-10-14)19(4)5/h6-10H,1-5H3. The Kier molecular flexibility index (Phi) is 4.26. The van der Waals surface area contributed by atoms with Gasteiger partial charge in [-0.3, -0.25) is 0 Å². The third-order valence-electron chi connectivity index (χ3n) is 3.51. The number of rotatable bonds is 3. The minimum absolute atomic E-state index is 0.385. The Hall–Kier alpha value is -2.36. The van der Waals surface area contributed by atoms with Crippen molar-refractivity contribution in [2.45, 2.75) is 20.8 Å². The fourth-order valence-corrected chi connectivity index (χ4v) is 2.01. The molecule has 0 N–H and O–H groups in total. The summed E-state index contributed by atoms with van der Waals surface area (Å²) in [7, 11) is 3.81. The maximum absolute atomic E-state index is 12.2. The van der Waals surface area contributed by atoms with Gasteiger partial charge in [0.25, 0.3) is 0 Å². The van der Waals surface area contributed by atoms with E-state index in [4.69, 9.17) is 4.74 Å². The molecule has 1 aromatic heterocycles. The van der Waals surface area contributed by atoms with E-state index < -0.39 is 0 Å². The highest BCUT2D eigenvalue weighted by atomic mass is 16.5. The number of nitrogens with zero attached hydrogens (tertiary/aromatic N) is 2. The lowest BCUT2D eigenvalue weighted by atomic mass is 10.1. The number of anilines is 1. The van der Waals surface area contributed by atoms with E-state index in [0.717, 1.165) is 22.5 Å². The second kappa shape index (κ2) is 5.95. The summed E-state index contributed by atoms with van der Waals surface area (Å²) >= 11 is 0. The van der Waals surface area contributed by atoms with Gasteiger partial charge in [-0.05, 0) is 49.6 Å². The van der Waals surface area contributed by atoms with E-state index in [1.807, 2.05) is 51.9 Å². The molecule has 0 amide bonds. The van der Waals surface area contributed by atoms with Crippen LogP contribution in [0.1, 0.15) is 27.0 Å². The lowest BCUT2D eigenvalue weighted by Crippen LogP contribution is -2.13. The number of ether oxygens (including phenoxy) is 1. The normalized spacial score (nSPS) is 10.3. The van der Waals surface area contributed by atoms with E-state index in [9.17, 15) is 4.79 Å². The van der Waals surface area contributed by atoms with Crippen molar-refractivity contribution in [3.05, 3.63) is 52.7 Å². The number of aryl methyl sites for hydroxylation is 2. The fraction of sp³-hybridized carbons (Fsp3) is 0.294. The number of esters is 1. The summed E-state index contributed by atoms with van der Waals surface area (Å²) in [5.74, 6) is 1.05. The summed E-state index contributed by atoms with van der Waals surface area (Å²) < 4.78 is 5.55. The molecule has 0 unspecified atom stereocenters. The molecule has 1 heterocycles. The third-order valence-corrected chi connectivity index (χ3v) is 3.51. The van der Waals surface area contributed by atoms with E-state index in [2.05, 4.69) is 4.98 Å². The first kappa shape index (κ1) is 15.0. The SMILES string of the molecule is Cc1ccc(C)c(OC(=O)c2ccc(N(C)C)nc2)c1C. The molecule has 0 atom stereocenters. The molecule has 0 aliphatic carbocycles. The Balaban J connectivity index is 2.24. The molecule has 21 heavy (non-hydrogen) atoms. The highest BCUT2D eigenvalue weighted by Gasteiger charge is 2.14. The molecule has 0 aliphatic heterocycles. The highest BCUT2D eigenvalue weighted by Crippen LogP contribution is 2.26. The molecule has 1 aromatic carbocycles. The molecule has 0 aliphatic rings.